The summed E-state index contributed by atoms with van der Waals surface area (Å²) >= 11 is 0. The summed E-state index contributed by atoms with van der Waals surface area (Å²) in [4.78, 5) is 0. The van der Waals surface area contributed by atoms with Crippen molar-refractivity contribution in [1.82, 2.24) is 25.6 Å². The Balaban J connectivity index is 1.55. The molecule has 1 saturated heterocycles. The van der Waals surface area contributed by atoms with Crippen LogP contribution in [0, 0.1) is 0 Å². The molecule has 78 valence electrons. The van der Waals surface area contributed by atoms with E-state index in [1.54, 1.807) is 6.20 Å². The Bertz CT molecular complexity index is 240. The highest BCUT2D eigenvalue weighted by atomic mass is 15.4. The van der Waals surface area contributed by atoms with Gasteiger partial charge in [0.2, 0.25) is 0 Å². The second kappa shape index (κ2) is 5.07. The molecular weight excluding hydrogens is 178 g/mol. The molecule has 1 unspecified atom stereocenters. The summed E-state index contributed by atoms with van der Waals surface area (Å²) in [5.41, 5.74) is 0. The summed E-state index contributed by atoms with van der Waals surface area (Å²) in [6.07, 6.45) is 6.21. The Morgan fingerprint density at radius 3 is 3.29 bits per heavy atom. The highest BCUT2D eigenvalue weighted by Gasteiger charge is 2.12. The van der Waals surface area contributed by atoms with E-state index in [9.17, 15) is 0 Å². The fraction of sp³-hybridized carbons (Fsp3) is 0.778. The van der Waals surface area contributed by atoms with Crippen LogP contribution in [-0.4, -0.2) is 40.7 Å². The number of nitrogens with one attached hydrogen (secondary N) is 2. The molecule has 5 heteroatoms. The van der Waals surface area contributed by atoms with Gasteiger partial charge in [0.15, 0.2) is 0 Å². The Labute approximate surface area is 83.9 Å². The summed E-state index contributed by atoms with van der Waals surface area (Å²) in [5.74, 6) is 0. The van der Waals surface area contributed by atoms with Crippen LogP contribution in [0.3, 0.4) is 0 Å². The predicted octanol–water partition coefficient (Wildman–Crippen LogP) is -0.380. The normalized spacial score (nSPS) is 21.6. The second-order valence-corrected chi connectivity index (χ2v) is 3.66. The number of hydrogen-bond acceptors (Lipinski definition) is 4. The van der Waals surface area contributed by atoms with Gasteiger partial charge in [-0.2, -0.15) is 0 Å². The summed E-state index contributed by atoms with van der Waals surface area (Å²) in [5, 5.41) is 14.5. The maximum Gasteiger partial charge on any atom is 0.0692 e. The minimum Gasteiger partial charge on any atom is -0.313 e. The van der Waals surface area contributed by atoms with E-state index in [-0.39, 0.29) is 0 Å². The molecule has 2 heterocycles. The highest BCUT2D eigenvalue weighted by Crippen LogP contribution is 2.02. The van der Waals surface area contributed by atoms with Crippen molar-refractivity contribution in [2.45, 2.75) is 25.4 Å². The average Bonchev–Trinajstić information content (AvgIpc) is 2.86. The van der Waals surface area contributed by atoms with Crippen molar-refractivity contribution in [3.05, 3.63) is 12.4 Å². The van der Waals surface area contributed by atoms with Gasteiger partial charge >= 0.3 is 0 Å². The molecule has 5 nitrogen and oxygen atoms in total. The third kappa shape index (κ3) is 2.78. The Morgan fingerprint density at radius 1 is 1.57 bits per heavy atom. The first-order valence-electron chi connectivity index (χ1n) is 5.23. The Morgan fingerprint density at radius 2 is 2.57 bits per heavy atom. The number of nitrogens with zero attached hydrogens (tertiary/aromatic N) is 3. The molecule has 1 aromatic heterocycles. The first-order valence-corrected chi connectivity index (χ1v) is 5.23. The molecule has 0 amide bonds. The highest BCUT2D eigenvalue weighted by molar-refractivity contribution is 4.76. The van der Waals surface area contributed by atoms with Gasteiger partial charge in [-0.3, -0.25) is 4.68 Å². The molecule has 0 aliphatic carbocycles. The van der Waals surface area contributed by atoms with Crippen molar-refractivity contribution in [2.24, 2.45) is 0 Å². The maximum atomic E-state index is 3.90. The van der Waals surface area contributed by atoms with E-state index < -0.39 is 0 Å². The molecule has 1 aliphatic heterocycles. The van der Waals surface area contributed by atoms with E-state index in [0.29, 0.717) is 6.04 Å². The Hall–Kier alpha value is -0.940. The largest absolute Gasteiger partial charge is 0.313 e. The van der Waals surface area contributed by atoms with Gasteiger partial charge in [0, 0.05) is 25.3 Å². The zero-order valence-electron chi connectivity index (χ0n) is 8.32. The molecule has 0 spiro atoms. The lowest BCUT2D eigenvalue weighted by Gasteiger charge is -2.10. The molecule has 2 N–H and O–H groups in total. The average molecular weight is 195 g/mol. The fourth-order valence-corrected chi connectivity index (χ4v) is 1.75. The minimum absolute atomic E-state index is 0.672. The van der Waals surface area contributed by atoms with E-state index >= 15 is 0 Å². The third-order valence-corrected chi connectivity index (χ3v) is 2.54. The maximum absolute atomic E-state index is 3.90. The lowest BCUT2D eigenvalue weighted by atomic mass is 10.2. The van der Waals surface area contributed by atoms with Gasteiger partial charge in [-0.1, -0.05) is 5.21 Å². The SMILES string of the molecule is c1cn(CCNCC2CCCN2)nn1. The predicted molar refractivity (Wildman–Crippen MR) is 53.9 cm³/mol. The quantitative estimate of drug-likeness (QED) is 0.629. The van der Waals surface area contributed by atoms with Crippen molar-refractivity contribution < 1.29 is 0 Å². The molecule has 0 aromatic carbocycles. The lowest BCUT2D eigenvalue weighted by Crippen LogP contribution is -2.35. The van der Waals surface area contributed by atoms with Crippen LogP contribution in [0.25, 0.3) is 0 Å². The topological polar surface area (TPSA) is 54.8 Å². The van der Waals surface area contributed by atoms with Crippen LogP contribution in [0.1, 0.15) is 12.8 Å². The van der Waals surface area contributed by atoms with Crippen LogP contribution in [0.5, 0.6) is 0 Å². The Kier molecular flexibility index (Phi) is 3.48. The molecule has 2 rings (SSSR count). The molecule has 1 atom stereocenters. The van der Waals surface area contributed by atoms with E-state index in [4.69, 9.17) is 0 Å². The van der Waals surface area contributed by atoms with Crippen LogP contribution in [-0.2, 0) is 6.54 Å². The smallest absolute Gasteiger partial charge is 0.0692 e. The summed E-state index contributed by atoms with van der Waals surface area (Å²) in [7, 11) is 0. The van der Waals surface area contributed by atoms with Crippen LogP contribution >= 0.6 is 0 Å². The summed E-state index contributed by atoms with van der Waals surface area (Å²) < 4.78 is 1.84. The number of hydrogen-bond donors (Lipinski definition) is 2. The number of aromatic nitrogens is 3. The molecule has 1 aromatic rings. The van der Waals surface area contributed by atoms with Crippen LogP contribution in [0.15, 0.2) is 12.4 Å². The van der Waals surface area contributed by atoms with Gasteiger partial charge in [-0.15, -0.1) is 5.10 Å². The van der Waals surface area contributed by atoms with Crippen molar-refractivity contribution in [2.75, 3.05) is 19.6 Å². The van der Waals surface area contributed by atoms with Crippen molar-refractivity contribution in [3.8, 4) is 0 Å². The van der Waals surface area contributed by atoms with E-state index in [2.05, 4.69) is 20.9 Å². The summed E-state index contributed by atoms with van der Waals surface area (Å²) in [6.45, 7) is 4.10. The molecule has 1 aliphatic rings. The van der Waals surface area contributed by atoms with Crippen molar-refractivity contribution in [1.29, 1.82) is 0 Å². The molecule has 1 fully saturated rings. The van der Waals surface area contributed by atoms with Gasteiger partial charge in [-0.05, 0) is 19.4 Å². The lowest BCUT2D eigenvalue weighted by molar-refractivity contribution is 0.494. The first-order chi connectivity index (χ1) is 6.95. The molecule has 14 heavy (non-hydrogen) atoms. The van der Waals surface area contributed by atoms with Gasteiger partial charge in [0.05, 0.1) is 12.7 Å². The van der Waals surface area contributed by atoms with Gasteiger partial charge < -0.3 is 10.6 Å². The first kappa shape index (κ1) is 9.61. The molecule has 0 radical (unpaired) electrons. The van der Waals surface area contributed by atoms with Crippen LogP contribution < -0.4 is 10.6 Å². The van der Waals surface area contributed by atoms with Crippen LogP contribution in [0.4, 0.5) is 0 Å². The molecule has 0 saturated carbocycles. The van der Waals surface area contributed by atoms with Gasteiger partial charge in [0.25, 0.3) is 0 Å². The van der Waals surface area contributed by atoms with Gasteiger partial charge in [-0.25, -0.2) is 0 Å². The fourth-order valence-electron chi connectivity index (χ4n) is 1.75. The monoisotopic (exact) mass is 195 g/mol. The second-order valence-electron chi connectivity index (χ2n) is 3.66. The van der Waals surface area contributed by atoms with Crippen LogP contribution in [0.2, 0.25) is 0 Å². The van der Waals surface area contributed by atoms with Crippen molar-refractivity contribution in [3.63, 3.8) is 0 Å². The summed E-state index contributed by atoms with van der Waals surface area (Å²) in [6, 6.07) is 0.672. The zero-order valence-corrected chi connectivity index (χ0v) is 8.32. The van der Waals surface area contributed by atoms with Crippen molar-refractivity contribution >= 4 is 0 Å². The van der Waals surface area contributed by atoms with E-state index in [1.165, 1.54) is 19.4 Å². The third-order valence-electron chi connectivity index (χ3n) is 2.54. The van der Waals surface area contributed by atoms with E-state index in [1.807, 2.05) is 10.9 Å². The standard InChI is InChI=1S/C9H17N5/c1-2-9(11-3-1)8-10-4-6-14-7-5-12-13-14/h5,7,9-11H,1-4,6,8H2. The molecule has 0 bridgehead atoms. The minimum atomic E-state index is 0.672. The van der Waals surface area contributed by atoms with Gasteiger partial charge in [0.1, 0.15) is 0 Å². The zero-order chi connectivity index (χ0) is 9.64. The molecular formula is C9H17N5. The van der Waals surface area contributed by atoms with E-state index in [0.717, 1.165) is 19.6 Å². The number of rotatable bonds is 5.